The molecule has 0 aromatic heterocycles. The maximum absolute atomic E-state index is 5.31. The van der Waals surface area contributed by atoms with Gasteiger partial charge in [-0.2, -0.15) is 0 Å². The first kappa shape index (κ1) is 8.02. The van der Waals surface area contributed by atoms with Gasteiger partial charge in [-0.05, 0) is 13.3 Å². The summed E-state index contributed by atoms with van der Waals surface area (Å²) < 4.78 is 10.6. The van der Waals surface area contributed by atoms with Gasteiger partial charge >= 0.3 is 0 Å². The summed E-state index contributed by atoms with van der Waals surface area (Å²) in [6.07, 6.45) is 1.61. The number of hydrogen-bond donors (Lipinski definition) is 0. The van der Waals surface area contributed by atoms with E-state index in [1.165, 1.54) is 6.42 Å². The molecular formula is C8H16O2. The van der Waals surface area contributed by atoms with Crippen LogP contribution in [-0.4, -0.2) is 25.9 Å². The molecule has 1 fully saturated rings. The number of rotatable bonds is 4. The third-order valence-corrected chi connectivity index (χ3v) is 2.06. The highest BCUT2D eigenvalue weighted by atomic mass is 16.5. The summed E-state index contributed by atoms with van der Waals surface area (Å²) in [5.74, 6) is 0.756. The SMILES string of the molecule is CCOCC1OCC1CC. The average Bonchev–Trinajstić information content (AvgIpc) is 1.88. The lowest BCUT2D eigenvalue weighted by Gasteiger charge is -2.35. The third kappa shape index (κ3) is 1.70. The molecule has 0 aromatic carbocycles. The highest BCUT2D eigenvalue weighted by molar-refractivity contribution is 4.76. The summed E-state index contributed by atoms with van der Waals surface area (Å²) in [4.78, 5) is 0. The molecule has 0 saturated carbocycles. The Kier molecular flexibility index (Phi) is 3.16. The Morgan fingerprint density at radius 1 is 1.50 bits per heavy atom. The Balaban J connectivity index is 2.05. The standard InChI is InChI=1S/C8H16O2/c1-3-7-5-10-8(7)6-9-4-2/h7-8H,3-6H2,1-2H3. The second-order valence-electron chi connectivity index (χ2n) is 2.70. The van der Waals surface area contributed by atoms with Crippen LogP contribution in [-0.2, 0) is 9.47 Å². The Labute approximate surface area is 62.5 Å². The molecule has 0 N–H and O–H groups in total. The van der Waals surface area contributed by atoms with E-state index in [1.807, 2.05) is 6.92 Å². The lowest BCUT2D eigenvalue weighted by Crippen LogP contribution is -2.42. The molecule has 0 radical (unpaired) electrons. The second-order valence-corrected chi connectivity index (χ2v) is 2.70. The fraction of sp³-hybridized carbons (Fsp3) is 1.00. The van der Waals surface area contributed by atoms with Crippen molar-refractivity contribution in [2.45, 2.75) is 26.4 Å². The summed E-state index contributed by atoms with van der Waals surface area (Å²) in [5.41, 5.74) is 0. The molecule has 0 aromatic rings. The van der Waals surface area contributed by atoms with Gasteiger partial charge in [0.1, 0.15) is 0 Å². The summed E-state index contributed by atoms with van der Waals surface area (Å²) in [6, 6.07) is 0. The van der Waals surface area contributed by atoms with Crippen molar-refractivity contribution in [1.82, 2.24) is 0 Å². The molecule has 60 valence electrons. The van der Waals surface area contributed by atoms with Crippen molar-refractivity contribution in [3.63, 3.8) is 0 Å². The van der Waals surface area contributed by atoms with Crippen LogP contribution in [0.4, 0.5) is 0 Å². The predicted molar refractivity (Wildman–Crippen MR) is 40.0 cm³/mol. The highest BCUT2D eigenvalue weighted by Gasteiger charge is 2.29. The first-order valence-electron chi connectivity index (χ1n) is 4.07. The van der Waals surface area contributed by atoms with Crippen molar-refractivity contribution in [2.24, 2.45) is 5.92 Å². The summed E-state index contributed by atoms with van der Waals surface area (Å²) in [5, 5.41) is 0. The maximum atomic E-state index is 5.31. The van der Waals surface area contributed by atoms with E-state index in [9.17, 15) is 0 Å². The molecular weight excluding hydrogens is 128 g/mol. The summed E-state index contributed by atoms with van der Waals surface area (Å²) >= 11 is 0. The molecule has 2 nitrogen and oxygen atoms in total. The lowest BCUT2D eigenvalue weighted by molar-refractivity contribution is -0.145. The Hall–Kier alpha value is -0.0800. The van der Waals surface area contributed by atoms with Gasteiger partial charge in [0.2, 0.25) is 0 Å². The molecule has 2 atom stereocenters. The average molecular weight is 144 g/mol. The Bertz CT molecular complexity index is 91.3. The van der Waals surface area contributed by atoms with E-state index in [0.29, 0.717) is 6.10 Å². The molecule has 0 bridgehead atoms. The van der Waals surface area contributed by atoms with Gasteiger partial charge in [-0.25, -0.2) is 0 Å². The Morgan fingerprint density at radius 2 is 2.30 bits per heavy atom. The number of ether oxygens (including phenoxy) is 2. The van der Waals surface area contributed by atoms with Gasteiger partial charge in [0.25, 0.3) is 0 Å². The van der Waals surface area contributed by atoms with Crippen molar-refractivity contribution in [3.05, 3.63) is 0 Å². The first-order valence-corrected chi connectivity index (χ1v) is 4.07. The molecule has 0 amide bonds. The van der Waals surface area contributed by atoms with Gasteiger partial charge < -0.3 is 9.47 Å². The van der Waals surface area contributed by atoms with Crippen LogP contribution in [0.3, 0.4) is 0 Å². The van der Waals surface area contributed by atoms with Gasteiger partial charge in [0.05, 0.1) is 19.3 Å². The number of hydrogen-bond acceptors (Lipinski definition) is 2. The summed E-state index contributed by atoms with van der Waals surface area (Å²) in [7, 11) is 0. The fourth-order valence-electron chi connectivity index (χ4n) is 1.17. The molecule has 10 heavy (non-hydrogen) atoms. The lowest BCUT2D eigenvalue weighted by atomic mass is 9.96. The van der Waals surface area contributed by atoms with Crippen LogP contribution in [0.2, 0.25) is 0 Å². The minimum absolute atomic E-state index is 0.393. The van der Waals surface area contributed by atoms with E-state index in [-0.39, 0.29) is 0 Å². The van der Waals surface area contributed by atoms with Crippen LogP contribution in [0.25, 0.3) is 0 Å². The third-order valence-electron chi connectivity index (χ3n) is 2.06. The van der Waals surface area contributed by atoms with Crippen LogP contribution in [0.5, 0.6) is 0 Å². The minimum Gasteiger partial charge on any atom is -0.379 e. The first-order chi connectivity index (χ1) is 4.88. The zero-order valence-corrected chi connectivity index (χ0v) is 6.80. The molecule has 1 rings (SSSR count). The quantitative estimate of drug-likeness (QED) is 0.594. The highest BCUT2D eigenvalue weighted by Crippen LogP contribution is 2.23. The van der Waals surface area contributed by atoms with Crippen LogP contribution in [0.1, 0.15) is 20.3 Å². The summed E-state index contributed by atoms with van der Waals surface area (Å²) in [6.45, 7) is 6.74. The second kappa shape index (κ2) is 3.94. The van der Waals surface area contributed by atoms with Crippen LogP contribution >= 0.6 is 0 Å². The van der Waals surface area contributed by atoms with Gasteiger partial charge in [0.15, 0.2) is 0 Å². The topological polar surface area (TPSA) is 18.5 Å². The van der Waals surface area contributed by atoms with Crippen molar-refractivity contribution in [1.29, 1.82) is 0 Å². The van der Waals surface area contributed by atoms with Gasteiger partial charge in [-0.15, -0.1) is 0 Å². The smallest absolute Gasteiger partial charge is 0.0858 e. The Morgan fingerprint density at radius 3 is 2.70 bits per heavy atom. The normalized spacial score (nSPS) is 31.8. The van der Waals surface area contributed by atoms with Gasteiger partial charge in [-0.3, -0.25) is 0 Å². The molecule has 1 aliphatic heterocycles. The van der Waals surface area contributed by atoms with Crippen LogP contribution in [0.15, 0.2) is 0 Å². The molecule has 2 heteroatoms. The van der Waals surface area contributed by atoms with Gasteiger partial charge in [-0.1, -0.05) is 6.92 Å². The molecule has 1 saturated heterocycles. The van der Waals surface area contributed by atoms with E-state index < -0.39 is 0 Å². The van der Waals surface area contributed by atoms with E-state index in [1.54, 1.807) is 0 Å². The zero-order valence-electron chi connectivity index (χ0n) is 6.80. The molecule has 1 heterocycles. The molecule has 2 unspecified atom stereocenters. The van der Waals surface area contributed by atoms with E-state index in [4.69, 9.17) is 9.47 Å². The largest absolute Gasteiger partial charge is 0.379 e. The van der Waals surface area contributed by atoms with Crippen molar-refractivity contribution in [2.75, 3.05) is 19.8 Å². The van der Waals surface area contributed by atoms with Crippen LogP contribution in [0, 0.1) is 5.92 Å². The minimum atomic E-state index is 0.393. The molecule has 0 spiro atoms. The van der Waals surface area contributed by atoms with Crippen LogP contribution < -0.4 is 0 Å². The fourth-order valence-corrected chi connectivity index (χ4v) is 1.17. The van der Waals surface area contributed by atoms with E-state index >= 15 is 0 Å². The predicted octanol–water partition coefficient (Wildman–Crippen LogP) is 1.45. The zero-order chi connectivity index (χ0) is 7.40. The maximum Gasteiger partial charge on any atom is 0.0858 e. The van der Waals surface area contributed by atoms with Crippen molar-refractivity contribution >= 4 is 0 Å². The van der Waals surface area contributed by atoms with E-state index in [2.05, 4.69) is 6.92 Å². The molecule has 0 aliphatic carbocycles. The monoisotopic (exact) mass is 144 g/mol. The van der Waals surface area contributed by atoms with Crippen molar-refractivity contribution < 1.29 is 9.47 Å². The van der Waals surface area contributed by atoms with E-state index in [0.717, 1.165) is 25.7 Å². The molecule has 1 aliphatic rings. The van der Waals surface area contributed by atoms with Gasteiger partial charge in [0, 0.05) is 12.5 Å². The van der Waals surface area contributed by atoms with Crippen molar-refractivity contribution in [3.8, 4) is 0 Å².